The van der Waals surface area contributed by atoms with Gasteiger partial charge in [0.2, 0.25) is 0 Å². The second-order valence-electron chi connectivity index (χ2n) is 6.17. The molecule has 1 N–H and O–H groups in total. The lowest BCUT2D eigenvalue weighted by Crippen LogP contribution is -2.40. The van der Waals surface area contributed by atoms with E-state index in [0.29, 0.717) is 11.8 Å². The highest BCUT2D eigenvalue weighted by atomic mass is 16.4. The van der Waals surface area contributed by atoms with E-state index in [9.17, 15) is 9.90 Å². The van der Waals surface area contributed by atoms with Crippen LogP contribution in [-0.2, 0) is 4.79 Å². The van der Waals surface area contributed by atoms with Crippen LogP contribution in [0.4, 0.5) is 0 Å². The Bertz CT molecular complexity index is 277. The van der Waals surface area contributed by atoms with Crippen LogP contribution in [0.2, 0.25) is 0 Å². The first-order valence-corrected chi connectivity index (χ1v) is 7.06. The van der Waals surface area contributed by atoms with Gasteiger partial charge < -0.3 is 5.11 Å². The molecule has 1 heterocycles. The van der Waals surface area contributed by atoms with Gasteiger partial charge in [-0.05, 0) is 50.0 Å². The van der Waals surface area contributed by atoms with Gasteiger partial charge in [-0.2, -0.15) is 0 Å². The lowest BCUT2D eigenvalue weighted by Gasteiger charge is -2.24. The average Bonchev–Trinajstić information content (AvgIpc) is 2.75. The second-order valence-corrected chi connectivity index (χ2v) is 6.17. The third-order valence-corrected chi connectivity index (χ3v) is 4.47. The van der Waals surface area contributed by atoms with Crippen LogP contribution in [-0.4, -0.2) is 35.1 Å². The smallest absolute Gasteiger partial charge is 0.321 e. The number of hydrogen-bond acceptors (Lipinski definition) is 2. The Morgan fingerprint density at radius 1 is 1.41 bits per heavy atom. The number of likely N-dealkylation sites (tertiary alicyclic amines) is 1. The molecule has 2 rings (SSSR count). The van der Waals surface area contributed by atoms with Crippen molar-refractivity contribution in [3.8, 4) is 0 Å². The van der Waals surface area contributed by atoms with Gasteiger partial charge in [0.1, 0.15) is 6.04 Å². The molecular weight excluding hydrogens is 214 g/mol. The van der Waals surface area contributed by atoms with Crippen LogP contribution in [0.25, 0.3) is 0 Å². The van der Waals surface area contributed by atoms with Crippen LogP contribution >= 0.6 is 0 Å². The first-order valence-electron chi connectivity index (χ1n) is 7.06. The van der Waals surface area contributed by atoms with Gasteiger partial charge in [-0.1, -0.05) is 20.3 Å². The number of carboxylic acid groups (broad SMARTS) is 1. The molecular formula is C14H25NO2. The molecule has 0 aromatic heterocycles. The van der Waals surface area contributed by atoms with E-state index in [2.05, 4.69) is 18.7 Å². The molecule has 98 valence electrons. The molecule has 3 heteroatoms. The van der Waals surface area contributed by atoms with E-state index in [4.69, 9.17) is 0 Å². The maximum absolute atomic E-state index is 11.4. The van der Waals surface area contributed by atoms with Gasteiger partial charge in [-0.15, -0.1) is 0 Å². The van der Waals surface area contributed by atoms with Crippen molar-refractivity contribution in [2.45, 2.75) is 52.0 Å². The molecule has 0 amide bonds. The summed E-state index contributed by atoms with van der Waals surface area (Å²) in [6.07, 6.45) is 5.95. The highest BCUT2D eigenvalue weighted by Gasteiger charge is 2.47. The summed E-state index contributed by atoms with van der Waals surface area (Å²) in [6, 6.07) is -0.185. The van der Waals surface area contributed by atoms with Gasteiger partial charge >= 0.3 is 5.97 Å². The number of nitrogens with zero attached hydrogens (tertiary/aromatic N) is 1. The Hall–Kier alpha value is -0.570. The molecule has 1 aliphatic carbocycles. The minimum absolute atomic E-state index is 0.185. The third kappa shape index (κ3) is 2.82. The highest BCUT2D eigenvalue weighted by molar-refractivity contribution is 5.74. The SMILES string of the molecule is CC(C)CCCN1CC2CCCC2C1C(=O)O. The van der Waals surface area contributed by atoms with Crippen molar-refractivity contribution in [2.24, 2.45) is 17.8 Å². The van der Waals surface area contributed by atoms with Crippen molar-refractivity contribution >= 4 is 5.97 Å². The van der Waals surface area contributed by atoms with E-state index in [-0.39, 0.29) is 6.04 Å². The largest absolute Gasteiger partial charge is 0.480 e. The Balaban J connectivity index is 1.90. The summed E-state index contributed by atoms with van der Waals surface area (Å²) >= 11 is 0. The zero-order valence-electron chi connectivity index (χ0n) is 11.1. The van der Waals surface area contributed by atoms with Crippen LogP contribution in [0, 0.1) is 17.8 Å². The van der Waals surface area contributed by atoms with Gasteiger partial charge in [0.15, 0.2) is 0 Å². The van der Waals surface area contributed by atoms with E-state index >= 15 is 0 Å². The van der Waals surface area contributed by atoms with E-state index in [1.54, 1.807) is 0 Å². The molecule has 3 unspecified atom stereocenters. The minimum Gasteiger partial charge on any atom is -0.480 e. The quantitative estimate of drug-likeness (QED) is 0.801. The summed E-state index contributed by atoms with van der Waals surface area (Å²) < 4.78 is 0. The first-order chi connectivity index (χ1) is 8.09. The van der Waals surface area contributed by atoms with Crippen molar-refractivity contribution in [3.05, 3.63) is 0 Å². The Morgan fingerprint density at radius 2 is 2.18 bits per heavy atom. The zero-order chi connectivity index (χ0) is 12.4. The van der Waals surface area contributed by atoms with Crippen LogP contribution in [0.5, 0.6) is 0 Å². The number of aliphatic carboxylic acids is 1. The Labute approximate surface area is 104 Å². The molecule has 3 atom stereocenters. The van der Waals surface area contributed by atoms with E-state index in [0.717, 1.165) is 31.8 Å². The number of fused-ring (bicyclic) bond motifs is 1. The zero-order valence-corrected chi connectivity index (χ0v) is 11.1. The van der Waals surface area contributed by atoms with Crippen LogP contribution in [0.15, 0.2) is 0 Å². The summed E-state index contributed by atoms with van der Waals surface area (Å²) in [5.41, 5.74) is 0. The van der Waals surface area contributed by atoms with Crippen molar-refractivity contribution < 1.29 is 9.90 Å². The number of carbonyl (C=O) groups is 1. The van der Waals surface area contributed by atoms with Crippen LogP contribution in [0.3, 0.4) is 0 Å². The molecule has 2 aliphatic rings. The topological polar surface area (TPSA) is 40.5 Å². The molecule has 1 saturated heterocycles. The van der Waals surface area contributed by atoms with Crippen molar-refractivity contribution in [1.82, 2.24) is 4.90 Å². The number of carboxylic acids is 1. The van der Waals surface area contributed by atoms with Gasteiger partial charge in [0, 0.05) is 6.54 Å². The predicted octanol–water partition coefficient (Wildman–Crippen LogP) is 2.61. The fourth-order valence-corrected chi connectivity index (χ4v) is 3.67. The summed E-state index contributed by atoms with van der Waals surface area (Å²) in [5, 5.41) is 9.40. The van der Waals surface area contributed by atoms with Gasteiger partial charge in [0.05, 0.1) is 0 Å². The lowest BCUT2D eigenvalue weighted by atomic mass is 9.94. The molecule has 0 bridgehead atoms. The summed E-state index contributed by atoms with van der Waals surface area (Å²) in [7, 11) is 0. The van der Waals surface area contributed by atoms with Crippen molar-refractivity contribution in [3.63, 3.8) is 0 Å². The molecule has 1 saturated carbocycles. The maximum atomic E-state index is 11.4. The van der Waals surface area contributed by atoms with Gasteiger partial charge in [-0.25, -0.2) is 0 Å². The third-order valence-electron chi connectivity index (χ3n) is 4.47. The minimum atomic E-state index is -0.594. The number of rotatable bonds is 5. The predicted molar refractivity (Wildman–Crippen MR) is 67.9 cm³/mol. The number of hydrogen-bond donors (Lipinski definition) is 1. The standard InChI is InChI=1S/C14H25NO2/c1-10(2)5-4-8-15-9-11-6-3-7-12(11)13(15)14(16)17/h10-13H,3-9H2,1-2H3,(H,16,17). The Kier molecular flexibility index (Phi) is 4.08. The molecule has 2 fully saturated rings. The van der Waals surface area contributed by atoms with Gasteiger partial charge in [0.25, 0.3) is 0 Å². The van der Waals surface area contributed by atoms with Crippen LogP contribution in [0.1, 0.15) is 46.0 Å². The van der Waals surface area contributed by atoms with Crippen LogP contribution < -0.4 is 0 Å². The fourth-order valence-electron chi connectivity index (χ4n) is 3.67. The van der Waals surface area contributed by atoms with Gasteiger partial charge in [-0.3, -0.25) is 9.69 Å². The lowest BCUT2D eigenvalue weighted by molar-refractivity contribution is -0.143. The molecule has 0 radical (unpaired) electrons. The van der Waals surface area contributed by atoms with Crippen molar-refractivity contribution in [1.29, 1.82) is 0 Å². The highest BCUT2D eigenvalue weighted by Crippen LogP contribution is 2.42. The second kappa shape index (κ2) is 5.38. The molecule has 17 heavy (non-hydrogen) atoms. The molecule has 1 aliphatic heterocycles. The van der Waals surface area contributed by atoms with E-state index in [1.165, 1.54) is 19.3 Å². The average molecular weight is 239 g/mol. The fraction of sp³-hybridized carbons (Fsp3) is 0.929. The maximum Gasteiger partial charge on any atom is 0.321 e. The molecule has 0 aromatic carbocycles. The first kappa shape index (κ1) is 12.9. The molecule has 0 spiro atoms. The molecule has 3 nitrogen and oxygen atoms in total. The summed E-state index contributed by atoms with van der Waals surface area (Å²) in [4.78, 5) is 13.6. The Morgan fingerprint density at radius 3 is 2.82 bits per heavy atom. The van der Waals surface area contributed by atoms with E-state index < -0.39 is 5.97 Å². The monoisotopic (exact) mass is 239 g/mol. The van der Waals surface area contributed by atoms with Crippen molar-refractivity contribution in [2.75, 3.05) is 13.1 Å². The normalized spacial score (nSPS) is 33.2. The summed E-state index contributed by atoms with van der Waals surface area (Å²) in [5.74, 6) is 1.23. The summed E-state index contributed by atoms with van der Waals surface area (Å²) in [6.45, 7) is 6.46. The van der Waals surface area contributed by atoms with E-state index in [1.807, 2.05) is 0 Å². The molecule has 0 aromatic rings.